The Hall–Kier alpha value is -3.59. The first-order valence-electron chi connectivity index (χ1n) is 9.70. The number of fused-ring (bicyclic) bond motifs is 2. The van der Waals surface area contributed by atoms with Gasteiger partial charge in [0.25, 0.3) is 5.91 Å². The van der Waals surface area contributed by atoms with Crippen molar-refractivity contribution in [2.75, 3.05) is 23.3 Å². The van der Waals surface area contributed by atoms with Crippen molar-refractivity contribution in [3.05, 3.63) is 60.1 Å². The third kappa shape index (κ3) is 3.13. The molecule has 1 aromatic carbocycles. The molecule has 4 heterocycles. The summed E-state index contributed by atoms with van der Waals surface area (Å²) < 4.78 is 15.9. The number of pyridine rings is 1. The van der Waals surface area contributed by atoms with Crippen LogP contribution in [0.15, 0.2) is 43.0 Å². The second-order valence-corrected chi connectivity index (χ2v) is 7.52. The number of nitrogens with two attached hydrogens (primary N) is 1. The molecule has 0 aliphatic carbocycles. The molecule has 1 saturated heterocycles. The van der Waals surface area contributed by atoms with Gasteiger partial charge < -0.3 is 20.4 Å². The molecule has 152 valence electrons. The van der Waals surface area contributed by atoms with Crippen LogP contribution in [0.4, 0.5) is 15.8 Å². The smallest absolute Gasteiger partial charge is 0.257 e. The van der Waals surface area contributed by atoms with Crippen LogP contribution in [0.5, 0.6) is 0 Å². The molecule has 8 nitrogen and oxygen atoms in total. The van der Waals surface area contributed by atoms with Crippen molar-refractivity contribution in [2.45, 2.75) is 19.4 Å². The first kappa shape index (κ1) is 18.4. The van der Waals surface area contributed by atoms with Crippen LogP contribution in [0.25, 0.3) is 16.7 Å². The van der Waals surface area contributed by atoms with Crippen LogP contribution < -0.4 is 16.0 Å². The highest BCUT2D eigenvalue weighted by Gasteiger charge is 2.23. The van der Waals surface area contributed by atoms with Gasteiger partial charge in [0.05, 0.1) is 22.6 Å². The third-order valence-electron chi connectivity index (χ3n) is 5.30. The van der Waals surface area contributed by atoms with Crippen molar-refractivity contribution in [2.24, 2.45) is 5.73 Å². The SMILES string of the molecule is Cc1cn2cc(NC(=O)c3ccc(N4CC[C@H](N)C4)c4nccnc34)cc(F)c2n1. The fraction of sp³-hybridized carbons (Fsp3) is 0.238. The van der Waals surface area contributed by atoms with E-state index in [9.17, 15) is 9.18 Å². The number of benzene rings is 1. The molecular formula is C21H20FN7O. The molecule has 9 heteroatoms. The lowest BCUT2D eigenvalue weighted by Gasteiger charge is -2.20. The van der Waals surface area contributed by atoms with E-state index in [0.29, 0.717) is 28.0 Å². The second-order valence-electron chi connectivity index (χ2n) is 7.52. The number of hydrogen-bond donors (Lipinski definition) is 2. The van der Waals surface area contributed by atoms with Crippen LogP contribution in [0.1, 0.15) is 22.5 Å². The Balaban J connectivity index is 1.51. The maximum Gasteiger partial charge on any atom is 0.257 e. The highest BCUT2D eigenvalue weighted by Crippen LogP contribution is 2.29. The summed E-state index contributed by atoms with van der Waals surface area (Å²) in [5.74, 6) is -0.896. The minimum Gasteiger partial charge on any atom is -0.368 e. The van der Waals surface area contributed by atoms with Crippen molar-refractivity contribution in [1.82, 2.24) is 19.4 Å². The minimum atomic E-state index is -0.508. The fourth-order valence-corrected chi connectivity index (χ4v) is 3.93. The van der Waals surface area contributed by atoms with E-state index in [2.05, 4.69) is 25.2 Å². The number of imidazole rings is 1. The van der Waals surface area contributed by atoms with Gasteiger partial charge in [-0.25, -0.2) is 9.37 Å². The molecule has 3 N–H and O–H groups in total. The Morgan fingerprint density at radius 3 is 2.80 bits per heavy atom. The zero-order valence-electron chi connectivity index (χ0n) is 16.3. The Morgan fingerprint density at radius 1 is 1.23 bits per heavy atom. The minimum absolute atomic E-state index is 0.122. The predicted molar refractivity (Wildman–Crippen MR) is 112 cm³/mol. The van der Waals surface area contributed by atoms with Crippen LogP contribution >= 0.6 is 0 Å². The zero-order chi connectivity index (χ0) is 20.8. The standard InChI is InChI=1S/C21H20FN7O/c1-12-9-29-11-14(8-16(22)20(29)26-12)27-21(30)15-2-3-17(28-7-4-13(23)10-28)19-18(15)24-5-6-25-19/h2-3,5-6,8-9,11,13H,4,7,10,23H2,1H3,(H,27,30)/t13-/m0/s1. The first-order chi connectivity index (χ1) is 14.5. The monoisotopic (exact) mass is 405 g/mol. The maximum atomic E-state index is 14.4. The van der Waals surface area contributed by atoms with E-state index in [1.807, 2.05) is 6.07 Å². The number of nitrogens with zero attached hydrogens (tertiary/aromatic N) is 5. The average Bonchev–Trinajstić information content (AvgIpc) is 3.32. The number of aromatic nitrogens is 4. The van der Waals surface area contributed by atoms with E-state index in [1.165, 1.54) is 6.07 Å². The molecule has 0 radical (unpaired) electrons. The summed E-state index contributed by atoms with van der Waals surface area (Å²) in [5, 5.41) is 2.76. The van der Waals surface area contributed by atoms with E-state index in [4.69, 9.17) is 5.73 Å². The number of aryl methyl sites for hydroxylation is 1. The summed E-state index contributed by atoms with van der Waals surface area (Å²) in [6.07, 6.45) is 7.40. The van der Waals surface area contributed by atoms with Gasteiger partial charge in [-0.3, -0.25) is 14.8 Å². The van der Waals surface area contributed by atoms with Crippen molar-refractivity contribution in [3.63, 3.8) is 0 Å². The molecule has 0 saturated carbocycles. The van der Waals surface area contributed by atoms with Gasteiger partial charge in [0, 0.05) is 50.0 Å². The third-order valence-corrected chi connectivity index (χ3v) is 5.30. The number of anilines is 2. The molecule has 0 spiro atoms. The second kappa shape index (κ2) is 7.03. The van der Waals surface area contributed by atoms with Crippen molar-refractivity contribution in [3.8, 4) is 0 Å². The van der Waals surface area contributed by atoms with Crippen molar-refractivity contribution < 1.29 is 9.18 Å². The van der Waals surface area contributed by atoms with E-state index in [-0.39, 0.29) is 17.6 Å². The lowest BCUT2D eigenvalue weighted by atomic mass is 10.1. The lowest BCUT2D eigenvalue weighted by Crippen LogP contribution is -2.26. The van der Waals surface area contributed by atoms with Gasteiger partial charge in [0.2, 0.25) is 0 Å². The van der Waals surface area contributed by atoms with E-state index in [0.717, 1.165) is 25.2 Å². The summed E-state index contributed by atoms with van der Waals surface area (Å²) in [6.45, 7) is 3.35. The van der Waals surface area contributed by atoms with Crippen molar-refractivity contribution in [1.29, 1.82) is 0 Å². The fourth-order valence-electron chi connectivity index (χ4n) is 3.93. The molecule has 5 rings (SSSR count). The highest BCUT2D eigenvalue weighted by atomic mass is 19.1. The molecule has 30 heavy (non-hydrogen) atoms. The number of carbonyl (C=O) groups excluding carboxylic acids is 1. The first-order valence-corrected chi connectivity index (χ1v) is 9.70. The van der Waals surface area contributed by atoms with E-state index < -0.39 is 5.82 Å². The normalized spacial score (nSPS) is 16.5. The molecule has 3 aromatic heterocycles. The van der Waals surface area contributed by atoms with Crippen LogP contribution in [0, 0.1) is 12.7 Å². The quantitative estimate of drug-likeness (QED) is 0.543. The molecule has 0 bridgehead atoms. The van der Waals surface area contributed by atoms with Crippen LogP contribution in [-0.2, 0) is 0 Å². The van der Waals surface area contributed by atoms with E-state index >= 15 is 0 Å². The molecule has 4 aromatic rings. The number of amides is 1. The zero-order valence-corrected chi connectivity index (χ0v) is 16.3. The topological polar surface area (TPSA) is 101 Å². The predicted octanol–water partition coefficient (Wildman–Crippen LogP) is 2.51. The van der Waals surface area contributed by atoms with Gasteiger partial charge >= 0.3 is 0 Å². The molecule has 1 atom stereocenters. The van der Waals surface area contributed by atoms with Gasteiger partial charge in [0.1, 0.15) is 11.0 Å². The van der Waals surface area contributed by atoms with Crippen LogP contribution in [0.2, 0.25) is 0 Å². The Morgan fingerprint density at radius 2 is 2.03 bits per heavy atom. The summed E-state index contributed by atoms with van der Waals surface area (Å²) >= 11 is 0. The summed E-state index contributed by atoms with van der Waals surface area (Å²) in [7, 11) is 0. The van der Waals surface area contributed by atoms with Gasteiger partial charge in [-0.1, -0.05) is 0 Å². The number of carbonyl (C=O) groups is 1. The molecule has 1 aliphatic rings. The molecule has 0 unspecified atom stereocenters. The Labute approximate surface area is 171 Å². The van der Waals surface area contributed by atoms with Crippen LogP contribution in [0.3, 0.4) is 0 Å². The Kier molecular flexibility index (Phi) is 4.32. The number of halogens is 1. The van der Waals surface area contributed by atoms with Crippen LogP contribution in [-0.4, -0.2) is 44.4 Å². The largest absolute Gasteiger partial charge is 0.368 e. The van der Waals surface area contributed by atoms with Gasteiger partial charge in [-0.05, 0) is 25.5 Å². The molecular weight excluding hydrogens is 385 g/mol. The van der Waals surface area contributed by atoms with E-state index in [1.54, 1.807) is 42.2 Å². The number of rotatable bonds is 3. The molecule has 1 fully saturated rings. The molecule has 1 amide bonds. The average molecular weight is 405 g/mol. The summed E-state index contributed by atoms with van der Waals surface area (Å²) in [4.78, 5) is 28.2. The highest BCUT2D eigenvalue weighted by molar-refractivity contribution is 6.13. The lowest BCUT2D eigenvalue weighted by molar-refractivity contribution is 0.102. The number of hydrogen-bond acceptors (Lipinski definition) is 6. The van der Waals surface area contributed by atoms with Gasteiger partial charge in [-0.2, -0.15) is 0 Å². The summed E-state index contributed by atoms with van der Waals surface area (Å²) in [6, 6.07) is 4.97. The van der Waals surface area contributed by atoms with Gasteiger partial charge in [0.15, 0.2) is 11.5 Å². The van der Waals surface area contributed by atoms with Gasteiger partial charge in [-0.15, -0.1) is 0 Å². The maximum absolute atomic E-state index is 14.4. The summed E-state index contributed by atoms with van der Waals surface area (Å²) in [5.41, 5.74) is 9.69. The molecule has 1 aliphatic heterocycles. The number of nitrogens with one attached hydrogen (secondary N) is 1. The van der Waals surface area contributed by atoms with Crippen molar-refractivity contribution >= 4 is 34.0 Å². The Bertz CT molecular complexity index is 1290.